The lowest BCUT2D eigenvalue weighted by Crippen LogP contribution is -2.31. The third kappa shape index (κ3) is 3.37. The van der Waals surface area contributed by atoms with E-state index in [-0.39, 0.29) is 0 Å². The number of rotatable bonds is 5. The molecule has 0 unspecified atom stereocenters. The summed E-state index contributed by atoms with van der Waals surface area (Å²) in [6, 6.07) is 9.78. The largest absolute Gasteiger partial charge is 0.492 e. The van der Waals surface area contributed by atoms with Crippen molar-refractivity contribution in [3.8, 4) is 5.75 Å². The highest BCUT2D eigenvalue weighted by Crippen LogP contribution is 2.06. The second-order valence-corrected chi connectivity index (χ2v) is 2.34. The maximum Gasteiger partial charge on any atom is 0.119 e. The summed E-state index contributed by atoms with van der Waals surface area (Å²) >= 11 is 0. The molecule has 3 heteroatoms. The first-order valence-corrected chi connectivity index (χ1v) is 4.01. The molecule has 0 bridgehead atoms. The van der Waals surface area contributed by atoms with Crippen LogP contribution in [0.5, 0.6) is 5.75 Å². The van der Waals surface area contributed by atoms with Crippen LogP contribution in [0.25, 0.3) is 0 Å². The number of hydrogen-bond acceptors (Lipinski definition) is 3. The number of para-hydroxylation sites is 1. The van der Waals surface area contributed by atoms with Crippen LogP contribution < -0.4 is 15.6 Å². The van der Waals surface area contributed by atoms with Crippen LogP contribution in [0.3, 0.4) is 0 Å². The van der Waals surface area contributed by atoms with Crippen LogP contribution in [0.4, 0.5) is 0 Å². The van der Waals surface area contributed by atoms with Crippen molar-refractivity contribution >= 4 is 0 Å². The average molecular weight is 166 g/mol. The molecule has 1 aromatic carbocycles. The summed E-state index contributed by atoms with van der Waals surface area (Å²) in [5, 5.41) is 0. The Labute approximate surface area is 72.7 Å². The second-order valence-electron chi connectivity index (χ2n) is 2.34. The summed E-state index contributed by atoms with van der Waals surface area (Å²) in [7, 11) is 1.84. The minimum absolute atomic E-state index is 0.671. The monoisotopic (exact) mass is 166 g/mol. The number of hydrogen-bond donors (Lipinski definition) is 2. The van der Waals surface area contributed by atoms with Crippen molar-refractivity contribution in [1.82, 2.24) is 10.9 Å². The molecule has 0 saturated carbocycles. The Morgan fingerprint density at radius 1 is 1.25 bits per heavy atom. The quantitative estimate of drug-likeness (QED) is 0.501. The van der Waals surface area contributed by atoms with Crippen LogP contribution >= 0.6 is 0 Å². The smallest absolute Gasteiger partial charge is 0.119 e. The zero-order chi connectivity index (χ0) is 8.65. The molecular weight excluding hydrogens is 152 g/mol. The molecular formula is C9H14N2O. The van der Waals surface area contributed by atoms with E-state index in [0.717, 1.165) is 12.3 Å². The summed E-state index contributed by atoms with van der Waals surface area (Å²) in [5.74, 6) is 0.912. The van der Waals surface area contributed by atoms with E-state index < -0.39 is 0 Å². The van der Waals surface area contributed by atoms with Gasteiger partial charge in [0.1, 0.15) is 12.4 Å². The molecule has 66 valence electrons. The van der Waals surface area contributed by atoms with E-state index in [4.69, 9.17) is 4.74 Å². The Hall–Kier alpha value is -1.06. The van der Waals surface area contributed by atoms with Gasteiger partial charge in [0.2, 0.25) is 0 Å². The normalized spacial score (nSPS) is 9.75. The lowest BCUT2D eigenvalue weighted by molar-refractivity contribution is 0.307. The van der Waals surface area contributed by atoms with E-state index in [1.54, 1.807) is 0 Å². The van der Waals surface area contributed by atoms with Gasteiger partial charge >= 0.3 is 0 Å². The highest BCUT2D eigenvalue weighted by molar-refractivity contribution is 5.20. The fourth-order valence-corrected chi connectivity index (χ4v) is 0.862. The SMILES string of the molecule is CNNCCOc1ccccc1. The fourth-order valence-electron chi connectivity index (χ4n) is 0.862. The van der Waals surface area contributed by atoms with Crippen LogP contribution in [-0.4, -0.2) is 20.2 Å². The minimum atomic E-state index is 0.671. The molecule has 0 spiro atoms. The Bertz CT molecular complexity index is 201. The molecule has 0 aliphatic rings. The van der Waals surface area contributed by atoms with E-state index in [0.29, 0.717) is 6.61 Å². The van der Waals surface area contributed by atoms with Crippen molar-refractivity contribution < 1.29 is 4.74 Å². The molecule has 1 rings (SSSR count). The van der Waals surface area contributed by atoms with E-state index in [9.17, 15) is 0 Å². The van der Waals surface area contributed by atoms with Crippen molar-refractivity contribution in [2.24, 2.45) is 0 Å². The molecule has 0 atom stereocenters. The molecule has 1 aromatic rings. The first-order valence-electron chi connectivity index (χ1n) is 4.01. The number of benzene rings is 1. The van der Waals surface area contributed by atoms with Crippen LogP contribution in [0.2, 0.25) is 0 Å². The standard InChI is InChI=1S/C9H14N2O/c1-10-11-7-8-12-9-5-3-2-4-6-9/h2-6,10-11H,7-8H2,1H3. The van der Waals surface area contributed by atoms with Crippen LogP contribution in [0, 0.1) is 0 Å². The summed E-state index contributed by atoms with van der Waals surface area (Å²) in [5.41, 5.74) is 5.77. The second kappa shape index (κ2) is 5.57. The maximum absolute atomic E-state index is 5.41. The topological polar surface area (TPSA) is 33.3 Å². The van der Waals surface area contributed by atoms with Crippen molar-refractivity contribution in [3.05, 3.63) is 30.3 Å². The molecule has 0 aromatic heterocycles. The van der Waals surface area contributed by atoms with E-state index >= 15 is 0 Å². The molecule has 12 heavy (non-hydrogen) atoms. The van der Waals surface area contributed by atoms with Crippen molar-refractivity contribution in [2.75, 3.05) is 20.2 Å². The van der Waals surface area contributed by atoms with E-state index in [1.807, 2.05) is 37.4 Å². The Balaban J connectivity index is 2.16. The first kappa shape index (κ1) is 9.03. The van der Waals surface area contributed by atoms with Gasteiger partial charge in [-0.25, -0.2) is 0 Å². The minimum Gasteiger partial charge on any atom is -0.492 e. The summed E-state index contributed by atoms with van der Waals surface area (Å²) in [4.78, 5) is 0. The van der Waals surface area contributed by atoms with Gasteiger partial charge in [0, 0.05) is 6.54 Å². The average Bonchev–Trinajstić information content (AvgIpc) is 2.14. The highest BCUT2D eigenvalue weighted by Gasteiger charge is 1.88. The molecule has 0 saturated heterocycles. The summed E-state index contributed by atoms with van der Waals surface area (Å²) < 4.78 is 5.41. The van der Waals surface area contributed by atoms with Gasteiger partial charge in [-0.05, 0) is 19.2 Å². The zero-order valence-electron chi connectivity index (χ0n) is 7.21. The third-order valence-electron chi connectivity index (χ3n) is 1.42. The van der Waals surface area contributed by atoms with Gasteiger partial charge in [0.15, 0.2) is 0 Å². The molecule has 0 heterocycles. The summed E-state index contributed by atoms with van der Waals surface area (Å²) in [6.45, 7) is 1.47. The molecule has 0 aliphatic heterocycles. The Morgan fingerprint density at radius 3 is 2.67 bits per heavy atom. The Morgan fingerprint density at radius 2 is 2.00 bits per heavy atom. The van der Waals surface area contributed by atoms with Gasteiger partial charge < -0.3 is 4.74 Å². The molecule has 0 aliphatic carbocycles. The number of ether oxygens (including phenoxy) is 1. The Kier molecular flexibility index (Phi) is 4.19. The maximum atomic E-state index is 5.41. The van der Waals surface area contributed by atoms with Crippen LogP contribution in [0.15, 0.2) is 30.3 Å². The predicted molar refractivity (Wildman–Crippen MR) is 49.0 cm³/mol. The highest BCUT2D eigenvalue weighted by atomic mass is 16.5. The molecule has 3 nitrogen and oxygen atoms in total. The zero-order valence-corrected chi connectivity index (χ0v) is 7.21. The predicted octanol–water partition coefficient (Wildman–Crippen LogP) is 0.789. The van der Waals surface area contributed by atoms with E-state index in [1.165, 1.54) is 0 Å². The number of nitrogens with one attached hydrogen (secondary N) is 2. The van der Waals surface area contributed by atoms with Gasteiger partial charge in [-0.3, -0.25) is 10.9 Å². The van der Waals surface area contributed by atoms with Gasteiger partial charge in [0.05, 0.1) is 0 Å². The van der Waals surface area contributed by atoms with Gasteiger partial charge in [0.25, 0.3) is 0 Å². The molecule has 2 N–H and O–H groups in total. The van der Waals surface area contributed by atoms with Crippen LogP contribution in [0.1, 0.15) is 0 Å². The summed E-state index contributed by atoms with van der Waals surface area (Å²) in [6.07, 6.45) is 0. The van der Waals surface area contributed by atoms with Crippen molar-refractivity contribution in [1.29, 1.82) is 0 Å². The van der Waals surface area contributed by atoms with Crippen molar-refractivity contribution in [2.45, 2.75) is 0 Å². The first-order chi connectivity index (χ1) is 5.93. The lowest BCUT2D eigenvalue weighted by Gasteiger charge is -2.05. The fraction of sp³-hybridized carbons (Fsp3) is 0.333. The van der Waals surface area contributed by atoms with Crippen LogP contribution in [-0.2, 0) is 0 Å². The van der Waals surface area contributed by atoms with Gasteiger partial charge in [-0.15, -0.1) is 0 Å². The lowest BCUT2D eigenvalue weighted by atomic mass is 10.3. The van der Waals surface area contributed by atoms with Gasteiger partial charge in [-0.1, -0.05) is 18.2 Å². The number of hydrazine groups is 1. The van der Waals surface area contributed by atoms with Crippen molar-refractivity contribution in [3.63, 3.8) is 0 Å². The van der Waals surface area contributed by atoms with E-state index in [2.05, 4.69) is 10.9 Å². The molecule has 0 amide bonds. The third-order valence-corrected chi connectivity index (χ3v) is 1.42. The van der Waals surface area contributed by atoms with Gasteiger partial charge in [-0.2, -0.15) is 0 Å². The molecule has 0 fully saturated rings. The molecule has 0 radical (unpaired) electrons.